The van der Waals surface area contributed by atoms with Gasteiger partial charge in [-0.3, -0.25) is 14.7 Å². The maximum atomic E-state index is 12.8. The molecule has 1 aromatic carbocycles. The van der Waals surface area contributed by atoms with Gasteiger partial charge in [-0.25, -0.2) is 0 Å². The summed E-state index contributed by atoms with van der Waals surface area (Å²) < 4.78 is 0. The van der Waals surface area contributed by atoms with Crippen molar-refractivity contribution in [3.63, 3.8) is 0 Å². The molecule has 0 fully saturated rings. The highest BCUT2D eigenvalue weighted by Crippen LogP contribution is 2.06. The van der Waals surface area contributed by atoms with Crippen LogP contribution < -0.4 is 0 Å². The molecule has 2 rings (SSSR count). The summed E-state index contributed by atoms with van der Waals surface area (Å²) in [7, 11) is 1.97. The Morgan fingerprint density at radius 3 is 2.58 bits per heavy atom. The Morgan fingerprint density at radius 1 is 1.15 bits per heavy atom. The van der Waals surface area contributed by atoms with Gasteiger partial charge in [-0.05, 0) is 30.2 Å². The fraction of sp³-hybridized carbons (Fsp3) is 0.364. The molecule has 0 aliphatic heterocycles. The summed E-state index contributed by atoms with van der Waals surface area (Å²) in [5, 5.41) is 0. The van der Waals surface area contributed by atoms with Crippen molar-refractivity contribution in [3.8, 4) is 0 Å². The van der Waals surface area contributed by atoms with Crippen LogP contribution in [0.25, 0.3) is 6.08 Å². The van der Waals surface area contributed by atoms with E-state index in [1.807, 2.05) is 53.4 Å². The molecule has 0 atom stereocenters. The zero-order chi connectivity index (χ0) is 18.8. The van der Waals surface area contributed by atoms with E-state index in [9.17, 15) is 4.79 Å². The van der Waals surface area contributed by atoms with E-state index in [0.717, 1.165) is 24.2 Å². The molecule has 0 bridgehead atoms. The molecule has 0 saturated heterocycles. The van der Waals surface area contributed by atoms with E-state index >= 15 is 0 Å². The van der Waals surface area contributed by atoms with Crippen molar-refractivity contribution in [1.82, 2.24) is 14.8 Å². The number of likely N-dealkylation sites (N-methyl/N-ethyl adjacent to an activating group) is 1. The number of rotatable bonds is 9. The van der Waals surface area contributed by atoms with Crippen molar-refractivity contribution in [2.75, 3.05) is 26.7 Å². The lowest BCUT2D eigenvalue weighted by atomic mass is 10.2. The predicted molar refractivity (Wildman–Crippen MR) is 107 cm³/mol. The van der Waals surface area contributed by atoms with Crippen molar-refractivity contribution < 1.29 is 4.79 Å². The highest BCUT2D eigenvalue weighted by atomic mass is 16.2. The van der Waals surface area contributed by atoms with E-state index in [2.05, 4.69) is 43.1 Å². The van der Waals surface area contributed by atoms with Gasteiger partial charge in [0.25, 0.3) is 0 Å². The molecule has 0 unspecified atom stereocenters. The molecule has 0 N–H and O–H groups in total. The van der Waals surface area contributed by atoms with Crippen molar-refractivity contribution >= 4 is 12.0 Å². The summed E-state index contributed by atoms with van der Waals surface area (Å²) in [5.41, 5.74) is 2.26. The van der Waals surface area contributed by atoms with Gasteiger partial charge in [0.2, 0.25) is 5.91 Å². The molecule has 138 valence electrons. The zero-order valence-corrected chi connectivity index (χ0v) is 16.0. The SMILES string of the molecule is CC(C)CN(CC=Cc1ccccc1)C(=O)CN(C)Cc1cccnc1. The fourth-order valence-corrected chi connectivity index (χ4v) is 2.79. The van der Waals surface area contributed by atoms with Crippen LogP contribution in [-0.4, -0.2) is 47.4 Å². The Hall–Kier alpha value is -2.46. The molecule has 2 aromatic rings. The predicted octanol–water partition coefficient (Wildman–Crippen LogP) is 3.71. The average Bonchev–Trinajstić information content (AvgIpc) is 2.62. The first-order valence-corrected chi connectivity index (χ1v) is 9.11. The van der Waals surface area contributed by atoms with Gasteiger partial charge in [0.05, 0.1) is 6.54 Å². The molecule has 0 aliphatic carbocycles. The molecular formula is C22H29N3O. The minimum absolute atomic E-state index is 0.155. The maximum absolute atomic E-state index is 12.8. The summed E-state index contributed by atoms with van der Waals surface area (Å²) in [6, 6.07) is 14.1. The number of benzene rings is 1. The van der Waals surface area contributed by atoms with Crippen LogP contribution in [0.2, 0.25) is 0 Å². The number of amides is 1. The Bertz CT molecular complexity index is 683. The summed E-state index contributed by atoms with van der Waals surface area (Å²) in [5.74, 6) is 0.593. The van der Waals surface area contributed by atoms with Gasteiger partial charge in [-0.1, -0.05) is 62.4 Å². The topological polar surface area (TPSA) is 36.4 Å². The number of aromatic nitrogens is 1. The minimum Gasteiger partial charge on any atom is -0.338 e. The fourth-order valence-electron chi connectivity index (χ4n) is 2.79. The average molecular weight is 351 g/mol. The maximum Gasteiger partial charge on any atom is 0.237 e. The molecule has 0 spiro atoms. The van der Waals surface area contributed by atoms with Crippen LogP contribution in [0, 0.1) is 5.92 Å². The third-order valence-electron chi connectivity index (χ3n) is 3.95. The first-order chi connectivity index (χ1) is 12.5. The Balaban J connectivity index is 1.92. The lowest BCUT2D eigenvalue weighted by molar-refractivity contribution is -0.132. The zero-order valence-electron chi connectivity index (χ0n) is 16.0. The van der Waals surface area contributed by atoms with Gasteiger partial charge in [0.1, 0.15) is 0 Å². The van der Waals surface area contributed by atoms with Gasteiger partial charge < -0.3 is 4.90 Å². The standard InChI is InChI=1S/C22H29N3O/c1-19(2)16-25(14-8-12-20-9-5-4-6-10-20)22(26)18-24(3)17-21-11-7-13-23-15-21/h4-13,15,19H,14,16-18H2,1-3H3. The third-order valence-corrected chi connectivity index (χ3v) is 3.95. The van der Waals surface area contributed by atoms with Gasteiger partial charge in [-0.2, -0.15) is 0 Å². The smallest absolute Gasteiger partial charge is 0.237 e. The van der Waals surface area contributed by atoms with E-state index in [0.29, 0.717) is 19.0 Å². The van der Waals surface area contributed by atoms with Crippen molar-refractivity contribution in [2.24, 2.45) is 5.92 Å². The minimum atomic E-state index is 0.155. The highest BCUT2D eigenvalue weighted by Gasteiger charge is 2.16. The number of hydrogen-bond acceptors (Lipinski definition) is 3. The summed E-state index contributed by atoms with van der Waals surface area (Å²) in [6.07, 6.45) is 7.74. The molecule has 0 saturated carbocycles. The van der Waals surface area contributed by atoms with Crippen LogP contribution in [0.1, 0.15) is 25.0 Å². The monoisotopic (exact) mass is 351 g/mol. The Labute approximate surface area is 157 Å². The Kier molecular flexibility index (Phi) is 8.03. The molecular weight excluding hydrogens is 322 g/mol. The van der Waals surface area contributed by atoms with Crippen molar-refractivity contribution in [3.05, 3.63) is 72.1 Å². The molecule has 26 heavy (non-hydrogen) atoms. The quantitative estimate of drug-likeness (QED) is 0.691. The second kappa shape index (κ2) is 10.5. The molecule has 4 nitrogen and oxygen atoms in total. The van der Waals surface area contributed by atoms with Crippen LogP contribution >= 0.6 is 0 Å². The van der Waals surface area contributed by atoms with Gasteiger partial charge in [-0.15, -0.1) is 0 Å². The first kappa shape index (κ1) is 19.9. The van der Waals surface area contributed by atoms with E-state index in [-0.39, 0.29) is 5.91 Å². The normalized spacial score (nSPS) is 11.4. The van der Waals surface area contributed by atoms with Crippen LogP contribution in [0.15, 0.2) is 60.9 Å². The molecule has 1 aromatic heterocycles. The molecule has 4 heteroatoms. The van der Waals surface area contributed by atoms with Crippen LogP contribution in [-0.2, 0) is 11.3 Å². The summed E-state index contributed by atoms with van der Waals surface area (Å²) in [4.78, 5) is 20.9. The number of carbonyl (C=O) groups is 1. The van der Waals surface area contributed by atoms with E-state index in [1.165, 1.54) is 0 Å². The van der Waals surface area contributed by atoms with Crippen LogP contribution in [0.5, 0.6) is 0 Å². The largest absolute Gasteiger partial charge is 0.338 e. The summed E-state index contributed by atoms with van der Waals surface area (Å²) in [6.45, 7) is 6.79. The second-order valence-corrected chi connectivity index (χ2v) is 7.04. The number of nitrogens with zero attached hydrogens (tertiary/aromatic N) is 3. The number of carbonyl (C=O) groups excluding carboxylic acids is 1. The van der Waals surface area contributed by atoms with E-state index < -0.39 is 0 Å². The van der Waals surface area contributed by atoms with Gasteiger partial charge >= 0.3 is 0 Å². The van der Waals surface area contributed by atoms with E-state index in [1.54, 1.807) is 6.20 Å². The molecule has 1 amide bonds. The van der Waals surface area contributed by atoms with Crippen LogP contribution in [0.3, 0.4) is 0 Å². The number of hydrogen-bond donors (Lipinski definition) is 0. The molecule has 0 radical (unpaired) electrons. The molecule has 1 heterocycles. The van der Waals surface area contributed by atoms with Gasteiger partial charge in [0, 0.05) is 32.0 Å². The van der Waals surface area contributed by atoms with Crippen molar-refractivity contribution in [2.45, 2.75) is 20.4 Å². The molecule has 0 aliphatic rings. The van der Waals surface area contributed by atoms with Gasteiger partial charge in [0.15, 0.2) is 0 Å². The van der Waals surface area contributed by atoms with Crippen molar-refractivity contribution in [1.29, 1.82) is 0 Å². The Morgan fingerprint density at radius 2 is 1.92 bits per heavy atom. The van der Waals surface area contributed by atoms with Crippen LogP contribution in [0.4, 0.5) is 0 Å². The first-order valence-electron chi connectivity index (χ1n) is 9.11. The summed E-state index contributed by atoms with van der Waals surface area (Å²) >= 11 is 0. The van der Waals surface area contributed by atoms with E-state index in [4.69, 9.17) is 0 Å². The third kappa shape index (κ3) is 7.19. The number of pyridine rings is 1. The second-order valence-electron chi connectivity index (χ2n) is 7.04. The highest BCUT2D eigenvalue weighted by molar-refractivity contribution is 5.78. The lowest BCUT2D eigenvalue weighted by Gasteiger charge is -2.26. The lowest BCUT2D eigenvalue weighted by Crippen LogP contribution is -2.40.